The molecule has 0 spiro atoms. The monoisotopic (exact) mass is 274 g/mol. The van der Waals surface area contributed by atoms with Crippen LogP contribution in [-0.4, -0.2) is 20.6 Å². The molecule has 2 aromatic rings. The van der Waals surface area contributed by atoms with Gasteiger partial charge in [-0.15, -0.1) is 0 Å². The van der Waals surface area contributed by atoms with Crippen LogP contribution in [-0.2, 0) is 6.54 Å². The Labute approximate surface area is 119 Å². The molecule has 0 saturated carbocycles. The van der Waals surface area contributed by atoms with E-state index in [9.17, 15) is 4.79 Å². The summed E-state index contributed by atoms with van der Waals surface area (Å²) in [7, 11) is 0. The molecule has 1 aromatic carbocycles. The van der Waals surface area contributed by atoms with E-state index in [1.165, 1.54) is 0 Å². The van der Waals surface area contributed by atoms with Gasteiger partial charge in [0.25, 0.3) is 0 Å². The maximum atomic E-state index is 11.2. The van der Waals surface area contributed by atoms with Crippen LogP contribution >= 0.6 is 0 Å². The Bertz CT molecular complexity index is 648. The van der Waals surface area contributed by atoms with E-state index in [1.807, 2.05) is 0 Å². The molecule has 0 aliphatic rings. The molecule has 0 fully saturated rings. The molecule has 4 nitrogen and oxygen atoms in total. The maximum Gasteiger partial charge on any atom is 0.335 e. The zero-order valence-corrected chi connectivity index (χ0v) is 12.8. The van der Waals surface area contributed by atoms with Gasteiger partial charge in [-0.3, -0.25) is 0 Å². The molecule has 1 N–H and O–H groups in total. The molecule has 108 valence electrons. The molecule has 2 rings (SSSR count). The van der Waals surface area contributed by atoms with Gasteiger partial charge in [0.05, 0.1) is 16.6 Å². The molecule has 0 aliphatic carbocycles. The minimum absolute atomic E-state index is 0.108. The number of hydrogen-bond acceptors (Lipinski definition) is 2. The van der Waals surface area contributed by atoms with Crippen molar-refractivity contribution in [1.29, 1.82) is 0 Å². The average Bonchev–Trinajstić information content (AvgIpc) is 2.65. The predicted molar refractivity (Wildman–Crippen MR) is 80.2 cm³/mol. The Morgan fingerprint density at radius 2 is 2.00 bits per heavy atom. The lowest BCUT2D eigenvalue weighted by molar-refractivity contribution is 0.0697. The van der Waals surface area contributed by atoms with Gasteiger partial charge in [0.1, 0.15) is 5.82 Å². The van der Waals surface area contributed by atoms with Gasteiger partial charge in [0, 0.05) is 12.5 Å². The van der Waals surface area contributed by atoms with Crippen molar-refractivity contribution in [3.63, 3.8) is 0 Å². The third-order valence-corrected chi connectivity index (χ3v) is 3.17. The number of imidazole rings is 1. The number of carbonyl (C=O) groups is 1. The molecular formula is C16H22N2O2. The number of rotatable bonds is 3. The number of carboxylic acid groups (broad SMARTS) is 1. The predicted octanol–water partition coefficient (Wildman–Crippen LogP) is 3.90. The zero-order valence-electron chi connectivity index (χ0n) is 12.8. The summed E-state index contributed by atoms with van der Waals surface area (Å²) < 4.78 is 2.16. The van der Waals surface area contributed by atoms with Gasteiger partial charge in [-0.2, -0.15) is 0 Å². The summed E-state index contributed by atoms with van der Waals surface area (Å²) in [5.41, 5.74) is 2.19. The van der Waals surface area contributed by atoms with Crippen molar-refractivity contribution in [2.24, 2.45) is 5.41 Å². The SMILES string of the molecule is CC(C)c1nc2ccc(C(=O)O)cc2n1CC(C)(C)C. The summed E-state index contributed by atoms with van der Waals surface area (Å²) in [6, 6.07) is 5.13. The Morgan fingerprint density at radius 3 is 2.50 bits per heavy atom. The molecule has 0 unspecified atom stereocenters. The first-order valence-electron chi connectivity index (χ1n) is 6.92. The fourth-order valence-electron chi connectivity index (χ4n) is 2.36. The molecule has 1 heterocycles. The van der Waals surface area contributed by atoms with Crippen LogP contribution in [0.25, 0.3) is 11.0 Å². The fraction of sp³-hybridized carbons (Fsp3) is 0.500. The lowest BCUT2D eigenvalue weighted by atomic mass is 9.96. The van der Waals surface area contributed by atoms with Gasteiger partial charge in [-0.05, 0) is 23.6 Å². The normalized spacial score (nSPS) is 12.3. The summed E-state index contributed by atoms with van der Waals surface area (Å²) in [6.45, 7) is 11.6. The van der Waals surface area contributed by atoms with Crippen molar-refractivity contribution in [1.82, 2.24) is 9.55 Å². The number of aromatic nitrogens is 2. The van der Waals surface area contributed by atoms with Gasteiger partial charge >= 0.3 is 5.97 Å². The molecular weight excluding hydrogens is 252 g/mol. The molecule has 0 atom stereocenters. The van der Waals surface area contributed by atoms with Crippen LogP contribution in [0.5, 0.6) is 0 Å². The first kappa shape index (κ1) is 14.6. The lowest BCUT2D eigenvalue weighted by Crippen LogP contribution is -2.18. The maximum absolute atomic E-state index is 11.2. The highest BCUT2D eigenvalue weighted by molar-refractivity contribution is 5.92. The summed E-state index contributed by atoms with van der Waals surface area (Å²) in [6.07, 6.45) is 0. The highest BCUT2D eigenvalue weighted by Gasteiger charge is 2.20. The van der Waals surface area contributed by atoms with E-state index in [0.717, 1.165) is 23.4 Å². The van der Waals surface area contributed by atoms with Crippen molar-refractivity contribution < 1.29 is 9.90 Å². The van der Waals surface area contributed by atoms with Gasteiger partial charge in [0.15, 0.2) is 0 Å². The topological polar surface area (TPSA) is 55.1 Å². The molecule has 20 heavy (non-hydrogen) atoms. The summed E-state index contributed by atoms with van der Waals surface area (Å²) in [5, 5.41) is 9.15. The summed E-state index contributed by atoms with van der Waals surface area (Å²) in [5.74, 6) is 0.414. The second-order valence-corrected chi connectivity index (χ2v) is 6.78. The fourth-order valence-corrected chi connectivity index (χ4v) is 2.36. The van der Waals surface area contributed by atoms with Crippen LogP contribution in [0, 0.1) is 5.41 Å². The second-order valence-electron chi connectivity index (χ2n) is 6.78. The zero-order chi connectivity index (χ0) is 15.1. The average molecular weight is 274 g/mol. The van der Waals surface area contributed by atoms with Crippen molar-refractivity contribution in [2.45, 2.75) is 47.1 Å². The molecule has 4 heteroatoms. The summed E-state index contributed by atoms with van der Waals surface area (Å²) >= 11 is 0. The lowest BCUT2D eigenvalue weighted by Gasteiger charge is -2.22. The number of aromatic carboxylic acids is 1. The van der Waals surface area contributed by atoms with Crippen molar-refractivity contribution in [2.75, 3.05) is 0 Å². The van der Waals surface area contributed by atoms with Crippen LogP contribution in [0.2, 0.25) is 0 Å². The minimum Gasteiger partial charge on any atom is -0.478 e. The number of benzene rings is 1. The van der Waals surface area contributed by atoms with E-state index in [2.05, 4.69) is 44.2 Å². The molecule has 1 aromatic heterocycles. The quantitative estimate of drug-likeness (QED) is 0.923. The van der Waals surface area contributed by atoms with Crippen LogP contribution < -0.4 is 0 Å². The van der Waals surface area contributed by atoms with Gasteiger partial charge < -0.3 is 9.67 Å². The van der Waals surface area contributed by atoms with E-state index in [-0.39, 0.29) is 5.41 Å². The molecule has 0 bridgehead atoms. The number of nitrogens with zero attached hydrogens (tertiary/aromatic N) is 2. The Balaban J connectivity index is 2.67. The number of fused-ring (bicyclic) bond motifs is 1. The standard InChI is InChI=1S/C16H22N2O2/c1-10(2)14-17-12-7-6-11(15(19)20)8-13(12)18(14)9-16(3,4)5/h6-8,10H,9H2,1-5H3,(H,19,20). The first-order valence-corrected chi connectivity index (χ1v) is 6.92. The molecule has 0 radical (unpaired) electrons. The van der Waals surface area contributed by atoms with E-state index in [4.69, 9.17) is 5.11 Å². The van der Waals surface area contributed by atoms with E-state index in [1.54, 1.807) is 18.2 Å². The molecule has 0 saturated heterocycles. The highest BCUT2D eigenvalue weighted by Crippen LogP contribution is 2.27. The van der Waals surface area contributed by atoms with Crippen LogP contribution in [0.1, 0.15) is 56.7 Å². The third-order valence-electron chi connectivity index (χ3n) is 3.17. The van der Waals surface area contributed by atoms with Gasteiger partial charge in [0.2, 0.25) is 0 Å². The Hall–Kier alpha value is -1.84. The largest absolute Gasteiger partial charge is 0.478 e. The number of hydrogen-bond donors (Lipinski definition) is 1. The minimum atomic E-state index is -0.901. The van der Waals surface area contributed by atoms with Gasteiger partial charge in [-0.1, -0.05) is 34.6 Å². The highest BCUT2D eigenvalue weighted by atomic mass is 16.4. The van der Waals surface area contributed by atoms with E-state index < -0.39 is 5.97 Å². The smallest absolute Gasteiger partial charge is 0.335 e. The number of carboxylic acids is 1. The third kappa shape index (κ3) is 2.84. The van der Waals surface area contributed by atoms with Crippen molar-refractivity contribution >= 4 is 17.0 Å². The molecule has 0 aliphatic heterocycles. The van der Waals surface area contributed by atoms with Crippen LogP contribution in [0.4, 0.5) is 0 Å². The van der Waals surface area contributed by atoms with E-state index in [0.29, 0.717) is 11.5 Å². The Kier molecular flexibility index (Phi) is 3.59. The second kappa shape index (κ2) is 4.93. The molecule has 0 amide bonds. The summed E-state index contributed by atoms with van der Waals surface area (Å²) in [4.78, 5) is 15.8. The van der Waals surface area contributed by atoms with Crippen LogP contribution in [0.15, 0.2) is 18.2 Å². The van der Waals surface area contributed by atoms with Gasteiger partial charge in [-0.25, -0.2) is 9.78 Å². The Morgan fingerprint density at radius 1 is 1.35 bits per heavy atom. The van der Waals surface area contributed by atoms with Crippen molar-refractivity contribution in [3.8, 4) is 0 Å². The van der Waals surface area contributed by atoms with Crippen molar-refractivity contribution in [3.05, 3.63) is 29.6 Å². The van der Waals surface area contributed by atoms with E-state index >= 15 is 0 Å². The van der Waals surface area contributed by atoms with Crippen LogP contribution in [0.3, 0.4) is 0 Å². The first-order chi connectivity index (χ1) is 9.19.